The van der Waals surface area contributed by atoms with Crippen LogP contribution in [-0.2, 0) is 13.0 Å². The van der Waals surface area contributed by atoms with Crippen molar-refractivity contribution in [3.8, 4) is 11.5 Å². The topological polar surface area (TPSA) is 50.8 Å². The Morgan fingerprint density at radius 2 is 1.77 bits per heavy atom. The minimum atomic E-state index is -0.361. The lowest BCUT2D eigenvalue weighted by Crippen LogP contribution is -2.48. The van der Waals surface area contributed by atoms with Gasteiger partial charge in [0.05, 0.1) is 20.3 Å². The van der Waals surface area contributed by atoms with Crippen LogP contribution in [0.15, 0.2) is 60.7 Å². The van der Waals surface area contributed by atoms with Gasteiger partial charge >= 0.3 is 0 Å². The number of methoxy groups -OCH3 is 2. The Morgan fingerprint density at radius 1 is 1.09 bits per heavy atom. The van der Waals surface area contributed by atoms with Gasteiger partial charge in [-0.2, -0.15) is 0 Å². The van der Waals surface area contributed by atoms with Crippen molar-refractivity contribution in [2.24, 2.45) is 0 Å². The Bertz CT molecular complexity index is 1180. The SMILES string of the molecule is CCC(NC(=O)c1ccc(F)cc1)C1c2cc(OC)c(OC)cc2CCN1Cc1ccccc1C. The van der Waals surface area contributed by atoms with Crippen LogP contribution in [0.25, 0.3) is 0 Å². The number of nitrogens with one attached hydrogen (secondary N) is 1. The summed E-state index contributed by atoms with van der Waals surface area (Å²) in [5.74, 6) is 0.815. The van der Waals surface area contributed by atoms with Gasteiger partial charge in [0.25, 0.3) is 5.91 Å². The highest BCUT2D eigenvalue weighted by molar-refractivity contribution is 5.94. The molecule has 4 rings (SSSR count). The molecule has 1 aliphatic heterocycles. The Morgan fingerprint density at radius 3 is 2.43 bits per heavy atom. The van der Waals surface area contributed by atoms with E-state index in [-0.39, 0.29) is 23.8 Å². The van der Waals surface area contributed by atoms with Crippen LogP contribution in [0.5, 0.6) is 11.5 Å². The van der Waals surface area contributed by atoms with Crippen LogP contribution in [0.2, 0.25) is 0 Å². The predicted molar refractivity (Wildman–Crippen MR) is 136 cm³/mol. The molecule has 1 N–H and O–H groups in total. The van der Waals surface area contributed by atoms with Crippen molar-refractivity contribution in [1.82, 2.24) is 10.2 Å². The normalized spacial score (nSPS) is 16.3. The van der Waals surface area contributed by atoms with Gasteiger partial charge in [-0.3, -0.25) is 9.69 Å². The van der Waals surface area contributed by atoms with Gasteiger partial charge < -0.3 is 14.8 Å². The molecule has 0 aliphatic carbocycles. The molecule has 3 aromatic rings. The molecule has 1 aliphatic rings. The van der Waals surface area contributed by atoms with E-state index in [9.17, 15) is 9.18 Å². The van der Waals surface area contributed by atoms with E-state index < -0.39 is 0 Å². The van der Waals surface area contributed by atoms with Gasteiger partial charge in [0.15, 0.2) is 11.5 Å². The van der Waals surface area contributed by atoms with E-state index in [1.165, 1.54) is 41.0 Å². The zero-order valence-corrected chi connectivity index (χ0v) is 20.8. The van der Waals surface area contributed by atoms with E-state index in [0.717, 1.165) is 31.5 Å². The number of carbonyl (C=O) groups is 1. The van der Waals surface area contributed by atoms with Crippen LogP contribution in [0.3, 0.4) is 0 Å². The average molecular weight is 477 g/mol. The van der Waals surface area contributed by atoms with Crippen molar-refractivity contribution in [2.45, 2.75) is 45.3 Å². The number of hydrogen-bond donors (Lipinski definition) is 1. The van der Waals surface area contributed by atoms with E-state index >= 15 is 0 Å². The molecule has 184 valence electrons. The third kappa shape index (κ3) is 5.33. The molecule has 35 heavy (non-hydrogen) atoms. The second-order valence-corrected chi connectivity index (χ2v) is 8.99. The van der Waals surface area contributed by atoms with Crippen molar-refractivity contribution in [3.63, 3.8) is 0 Å². The summed E-state index contributed by atoms with van der Waals surface area (Å²) < 4.78 is 24.6. The minimum Gasteiger partial charge on any atom is -0.493 e. The Balaban J connectivity index is 1.73. The number of fused-ring (bicyclic) bond motifs is 1. The van der Waals surface area contributed by atoms with Crippen LogP contribution in [0, 0.1) is 12.7 Å². The molecule has 3 aromatic carbocycles. The second kappa shape index (κ2) is 10.9. The van der Waals surface area contributed by atoms with Gasteiger partial charge in [0.2, 0.25) is 0 Å². The molecule has 2 atom stereocenters. The lowest BCUT2D eigenvalue weighted by Gasteiger charge is -2.42. The van der Waals surface area contributed by atoms with Gasteiger partial charge in [-0.05, 0) is 78.4 Å². The van der Waals surface area contributed by atoms with Gasteiger partial charge in [-0.1, -0.05) is 31.2 Å². The number of halogens is 1. The molecule has 1 heterocycles. The number of rotatable bonds is 8. The van der Waals surface area contributed by atoms with Crippen LogP contribution in [0.1, 0.15) is 52.0 Å². The van der Waals surface area contributed by atoms with Gasteiger partial charge in [0, 0.05) is 24.7 Å². The van der Waals surface area contributed by atoms with Crippen molar-refractivity contribution in [2.75, 3.05) is 20.8 Å². The fraction of sp³-hybridized carbons (Fsp3) is 0.345. The Hall–Kier alpha value is -3.38. The first-order valence-electron chi connectivity index (χ1n) is 12.0. The highest BCUT2D eigenvalue weighted by atomic mass is 19.1. The molecule has 0 aromatic heterocycles. The summed E-state index contributed by atoms with van der Waals surface area (Å²) in [4.78, 5) is 15.6. The van der Waals surface area contributed by atoms with Gasteiger partial charge in [-0.25, -0.2) is 4.39 Å². The monoisotopic (exact) mass is 476 g/mol. The number of aryl methyl sites for hydroxylation is 1. The summed E-state index contributed by atoms with van der Waals surface area (Å²) in [7, 11) is 3.29. The smallest absolute Gasteiger partial charge is 0.251 e. The molecular formula is C29H33FN2O3. The molecule has 0 fully saturated rings. The number of ether oxygens (including phenoxy) is 2. The zero-order chi connectivity index (χ0) is 24.9. The van der Waals surface area contributed by atoms with Crippen molar-refractivity contribution in [1.29, 1.82) is 0 Å². The largest absolute Gasteiger partial charge is 0.493 e. The fourth-order valence-corrected chi connectivity index (χ4v) is 4.94. The second-order valence-electron chi connectivity index (χ2n) is 8.99. The third-order valence-corrected chi connectivity index (χ3v) is 6.90. The van der Waals surface area contributed by atoms with E-state index in [1.54, 1.807) is 14.2 Å². The standard InChI is InChI=1S/C29H33FN2O3/c1-5-25(31-29(33)20-10-12-23(30)13-11-20)28-24-17-27(35-4)26(34-3)16-21(24)14-15-32(28)18-22-9-7-6-8-19(22)2/h6-13,16-17,25,28H,5,14-15,18H2,1-4H3,(H,31,33). The lowest BCUT2D eigenvalue weighted by atomic mass is 9.86. The number of amides is 1. The first-order chi connectivity index (χ1) is 16.9. The fourth-order valence-electron chi connectivity index (χ4n) is 4.94. The highest BCUT2D eigenvalue weighted by Gasteiger charge is 2.35. The molecule has 0 radical (unpaired) electrons. The maximum Gasteiger partial charge on any atom is 0.251 e. The Kier molecular flexibility index (Phi) is 7.71. The summed E-state index contributed by atoms with van der Waals surface area (Å²) in [6.45, 7) is 5.83. The van der Waals surface area contributed by atoms with Crippen molar-refractivity contribution in [3.05, 3.63) is 94.3 Å². The van der Waals surface area contributed by atoms with E-state index in [2.05, 4.69) is 60.5 Å². The van der Waals surface area contributed by atoms with Crippen LogP contribution < -0.4 is 14.8 Å². The highest BCUT2D eigenvalue weighted by Crippen LogP contribution is 2.40. The number of nitrogens with zero attached hydrogens (tertiary/aromatic N) is 1. The zero-order valence-electron chi connectivity index (χ0n) is 20.8. The summed E-state index contributed by atoms with van der Waals surface area (Å²) in [6, 6.07) is 18.0. The first kappa shape index (κ1) is 24.7. The van der Waals surface area contributed by atoms with E-state index in [4.69, 9.17) is 9.47 Å². The Labute approximate surface area is 206 Å². The van der Waals surface area contributed by atoms with Crippen LogP contribution >= 0.6 is 0 Å². The summed E-state index contributed by atoms with van der Waals surface area (Å²) in [6.07, 6.45) is 1.61. The maximum atomic E-state index is 13.4. The number of carbonyl (C=O) groups excluding carboxylic acids is 1. The number of hydrogen-bond acceptors (Lipinski definition) is 4. The average Bonchev–Trinajstić information content (AvgIpc) is 2.88. The van der Waals surface area contributed by atoms with Crippen molar-refractivity contribution < 1.29 is 18.7 Å². The molecule has 2 unspecified atom stereocenters. The van der Waals surface area contributed by atoms with Crippen LogP contribution in [0.4, 0.5) is 4.39 Å². The number of benzene rings is 3. The van der Waals surface area contributed by atoms with E-state index in [1.807, 2.05) is 0 Å². The first-order valence-corrected chi connectivity index (χ1v) is 12.0. The van der Waals surface area contributed by atoms with E-state index in [0.29, 0.717) is 17.1 Å². The molecule has 1 amide bonds. The molecule has 5 nitrogen and oxygen atoms in total. The molecule has 0 spiro atoms. The molecule has 0 saturated carbocycles. The van der Waals surface area contributed by atoms with Gasteiger partial charge in [0.1, 0.15) is 5.82 Å². The molecular weight excluding hydrogens is 443 g/mol. The maximum absolute atomic E-state index is 13.4. The van der Waals surface area contributed by atoms with Gasteiger partial charge in [-0.15, -0.1) is 0 Å². The van der Waals surface area contributed by atoms with Crippen LogP contribution in [-0.4, -0.2) is 37.6 Å². The lowest BCUT2D eigenvalue weighted by molar-refractivity contribution is 0.0858. The third-order valence-electron chi connectivity index (χ3n) is 6.90. The predicted octanol–water partition coefficient (Wildman–Crippen LogP) is 5.46. The molecule has 0 saturated heterocycles. The summed E-state index contributed by atoms with van der Waals surface area (Å²) in [5, 5.41) is 3.23. The molecule has 0 bridgehead atoms. The quantitative estimate of drug-likeness (QED) is 0.469. The summed E-state index contributed by atoms with van der Waals surface area (Å²) in [5.41, 5.74) is 5.28. The minimum absolute atomic E-state index is 0.0624. The van der Waals surface area contributed by atoms with Crippen molar-refractivity contribution >= 4 is 5.91 Å². The summed E-state index contributed by atoms with van der Waals surface area (Å²) >= 11 is 0. The molecule has 6 heteroatoms.